The zero-order valence-electron chi connectivity index (χ0n) is 11.1. The van der Waals surface area contributed by atoms with Crippen LogP contribution in [-0.4, -0.2) is 10.7 Å². The van der Waals surface area contributed by atoms with Gasteiger partial charge in [0.15, 0.2) is 0 Å². The minimum absolute atomic E-state index is 0.254. The van der Waals surface area contributed by atoms with Crippen molar-refractivity contribution >= 4 is 0 Å². The van der Waals surface area contributed by atoms with Crippen molar-refractivity contribution in [1.29, 1.82) is 0 Å². The molecule has 0 heterocycles. The summed E-state index contributed by atoms with van der Waals surface area (Å²) in [6, 6.07) is 16.4. The zero-order chi connectivity index (χ0) is 13.7. The molecule has 0 saturated heterocycles. The summed E-state index contributed by atoms with van der Waals surface area (Å²) in [5.74, 6) is -0.254. The summed E-state index contributed by atoms with van der Waals surface area (Å²) < 4.78 is 13.2. The van der Waals surface area contributed by atoms with Crippen LogP contribution in [0.1, 0.15) is 24.5 Å². The van der Waals surface area contributed by atoms with E-state index in [1.54, 1.807) is 6.07 Å². The summed E-state index contributed by atoms with van der Waals surface area (Å²) in [4.78, 5) is 0. The van der Waals surface area contributed by atoms with Gasteiger partial charge in [-0.1, -0.05) is 49.4 Å². The van der Waals surface area contributed by atoms with Gasteiger partial charge < -0.3 is 5.11 Å². The molecule has 0 aliphatic heterocycles. The Labute approximate surface area is 113 Å². The fourth-order valence-electron chi connectivity index (χ4n) is 2.32. The lowest BCUT2D eigenvalue weighted by atomic mass is 9.86. The molecule has 2 aromatic rings. The van der Waals surface area contributed by atoms with Gasteiger partial charge in [0.1, 0.15) is 5.82 Å². The number of hydrogen-bond donors (Lipinski definition) is 1. The Hall–Kier alpha value is -1.67. The van der Waals surface area contributed by atoms with Crippen LogP contribution in [-0.2, 0) is 12.8 Å². The molecule has 0 saturated carbocycles. The van der Waals surface area contributed by atoms with E-state index in [4.69, 9.17) is 0 Å². The van der Waals surface area contributed by atoms with Gasteiger partial charge in [-0.15, -0.1) is 0 Å². The summed E-state index contributed by atoms with van der Waals surface area (Å²) in [7, 11) is 0. The second-order valence-corrected chi connectivity index (χ2v) is 5.05. The SMILES string of the molecule is CCC(O)(Cc1ccccc1)Cc1cccc(F)c1. The molecule has 1 atom stereocenters. The van der Waals surface area contributed by atoms with Gasteiger partial charge in [-0.05, 0) is 29.7 Å². The van der Waals surface area contributed by atoms with E-state index < -0.39 is 5.60 Å². The molecular formula is C17H19FO. The van der Waals surface area contributed by atoms with Gasteiger partial charge in [-0.2, -0.15) is 0 Å². The molecule has 0 aliphatic carbocycles. The molecule has 2 rings (SSSR count). The van der Waals surface area contributed by atoms with Crippen molar-refractivity contribution in [1.82, 2.24) is 0 Å². The third-order valence-electron chi connectivity index (χ3n) is 3.46. The van der Waals surface area contributed by atoms with E-state index in [0.717, 1.165) is 11.1 Å². The number of rotatable bonds is 5. The highest BCUT2D eigenvalue weighted by Crippen LogP contribution is 2.22. The number of halogens is 1. The molecule has 0 fully saturated rings. The van der Waals surface area contributed by atoms with Crippen LogP contribution in [0.15, 0.2) is 54.6 Å². The first kappa shape index (κ1) is 13.8. The third-order valence-corrected chi connectivity index (χ3v) is 3.46. The van der Waals surface area contributed by atoms with Gasteiger partial charge in [0.2, 0.25) is 0 Å². The molecule has 0 bridgehead atoms. The summed E-state index contributed by atoms with van der Waals surface area (Å²) in [5.41, 5.74) is 1.11. The monoisotopic (exact) mass is 258 g/mol. The van der Waals surface area contributed by atoms with Crippen molar-refractivity contribution < 1.29 is 9.50 Å². The van der Waals surface area contributed by atoms with E-state index in [2.05, 4.69) is 0 Å². The van der Waals surface area contributed by atoms with Gasteiger partial charge >= 0.3 is 0 Å². The van der Waals surface area contributed by atoms with Crippen molar-refractivity contribution in [2.24, 2.45) is 0 Å². The van der Waals surface area contributed by atoms with E-state index in [9.17, 15) is 9.50 Å². The van der Waals surface area contributed by atoms with E-state index in [0.29, 0.717) is 19.3 Å². The smallest absolute Gasteiger partial charge is 0.123 e. The predicted octanol–water partition coefficient (Wildman–Crippen LogP) is 3.75. The van der Waals surface area contributed by atoms with Crippen LogP contribution in [0.25, 0.3) is 0 Å². The lowest BCUT2D eigenvalue weighted by molar-refractivity contribution is 0.0368. The molecule has 0 spiro atoms. The van der Waals surface area contributed by atoms with Crippen LogP contribution in [0.2, 0.25) is 0 Å². The average molecular weight is 258 g/mol. The third kappa shape index (κ3) is 3.90. The van der Waals surface area contributed by atoms with Crippen molar-refractivity contribution in [2.45, 2.75) is 31.8 Å². The topological polar surface area (TPSA) is 20.2 Å². The first-order chi connectivity index (χ1) is 9.11. The standard InChI is InChI=1S/C17H19FO/c1-2-17(19,12-14-7-4-3-5-8-14)13-15-9-6-10-16(18)11-15/h3-11,19H,2,12-13H2,1H3. The van der Waals surface area contributed by atoms with Gasteiger partial charge in [0, 0.05) is 12.8 Å². The normalized spacial score (nSPS) is 14.1. The average Bonchev–Trinajstić information content (AvgIpc) is 2.40. The van der Waals surface area contributed by atoms with Crippen LogP contribution in [0, 0.1) is 5.82 Å². The lowest BCUT2D eigenvalue weighted by Crippen LogP contribution is -2.33. The first-order valence-electron chi connectivity index (χ1n) is 6.62. The Morgan fingerprint density at radius 1 is 0.947 bits per heavy atom. The molecule has 2 aromatic carbocycles. The van der Waals surface area contributed by atoms with E-state index in [1.165, 1.54) is 12.1 Å². The van der Waals surface area contributed by atoms with Crippen LogP contribution in [0.4, 0.5) is 4.39 Å². The van der Waals surface area contributed by atoms with Gasteiger partial charge in [-0.25, -0.2) is 4.39 Å². The second-order valence-electron chi connectivity index (χ2n) is 5.05. The Morgan fingerprint density at radius 3 is 2.21 bits per heavy atom. The minimum Gasteiger partial charge on any atom is -0.389 e. The van der Waals surface area contributed by atoms with Crippen LogP contribution < -0.4 is 0 Å². The molecule has 0 aromatic heterocycles. The summed E-state index contributed by atoms with van der Waals surface area (Å²) in [6.45, 7) is 1.96. The molecule has 1 unspecified atom stereocenters. The summed E-state index contributed by atoms with van der Waals surface area (Å²) in [6.07, 6.45) is 1.69. The maximum absolute atomic E-state index is 13.2. The van der Waals surface area contributed by atoms with E-state index in [1.807, 2.05) is 43.3 Å². The predicted molar refractivity (Wildman–Crippen MR) is 75.5 cm³/mol. The van der Waals surface area contributed by atoms with Crippen molar-refractivity contribution in [3.05, 3.63) is 71.5 Å². The van der Waals surface area contributed by atoms with Crippen molar-refractivity contribution in [3.63, 3.8) is 0 Å². The van der Waals surface area contributed by atoms with E-state index in [-0.39, 0.29) is 5.82 Å². The molecule has 0 aliphatic rings. The van der Waals surface area contributed by atoms with Crippen LogP contribution in [0.5, 0.6) is 0 Å². The number of hydrogen-bond acceptors (Lipinski definition) is 1. The molecule has 100 valence electrons. The Bertz CT molecular complexity index is 524. The number of aliphatic hydroxyl groups is 1. The molecule has 1 N–H and O–H groups in total. The summed E-state index contributed by atoms with van der Waals surface area (Å²) >= 11 is 0. The Kier molecular flexibility index (Phi) is 4.33. The molecule has 0 radical (unpaired) electrons. The van der Waals surface area contributed by atoms with E-state index >= 15 is 0 Å². The zero-order valence-corrected chi connectivity index (χ0v) is 11.1. The largest absolute Gasteiger partial charge is 0.389 e. The first-order valence-corrected chi connectivity index (χ1v) is 6.62. The van der Waals surface area contributed by atoms with Crippen LogP contribution >= 0.6 is 0 Å². The Balaban J connectivity index is 2.14. The quantitative estimate of drug-likeness (QED) is 0.866. The highest BCUT2D eigenvalue weighted by molar-refractivity contribution is 5.22. The van der Waals surface area contributed by atoms with Gasteiger partial charge in [-0.3, -0.25) is 0 Å². The molecule has 2 heteroatoms. The summed E-state index contributed by atoms with van der Waals surface area (Å²) in [5, 5.41) is 10.7. The molecule has 0 amide bonds. The maximum Gasteiger partial charge on any atom is 0.123 e. The van der Waals surface area contributed by atoms with Crippen LogP contribution in [0.3, 0.4) is 0 Å². The highest BCUT2D eigenvalue weighted by atomic mass is 19.1. The molecule has 19 heavy (non-hydrogen) atoms. The Morgan fingerprint density at radius 2 is 1.58 bits per heavy atom. The second kappa shape index (κ2) is 5.98. The lowest BCUT2D eigenvalue weighted by Gasteiger charge is -2.27. The fraction of sp³-hybridized carbons (Fsp3) is 0.294. The number of benzene rings is 2. The maximum atomic E-state index is 13.2. The highest BCUT2D eigenvalue weighted by Gasteiger charge is 2.25. The fourth-order valence-corrected chi connectivity index (χ4v) is 2.32. The van der Waals surface area contributed by atoms with Gasteiger partial charge in [0.25, 0.3) is 0 Å². The van der Waals surface area contributed by atoms with Crippen molar-refractivity contribution in [3.8, 4) is 0 Å². The minimum atomic E-state index is -0.824. The van der Waals surface area contributed by atoms with Crippen molar-refractivity contribution in [2.75, 3.05) is 0 Å². The van der Waals surface area contributed by atoms with Gasteiger partial charge in [0.05, 0.1) is 5.60 Å². The molecular weight excluding hydrogens is 239 g/mol. The molecule has 1 nitrogen and oxygen atoms in total.